The Morgan fingerprint density at radius 2 is 1.93 bits per heavy atom. The van der Waals surface area contributed by atoms with Crippen LogP contribution in [0, 0.1) is 6.92 Å². The molecule has 0 spiro atoms. The number of aromatic nitrogens is 6. The zero-order valence-electron chi connectivity index (χ0n) is 20.9. The maximum Gasteiger partial charge on any atom is 0.573 e. The van der Waals surface area contributed by atoms with Gasteiger partial charge in [0, 0.05) is 12.6 Å². The van der Waals surface area contributed by atoms with Crippen molar-refractivity contribution in [3.8, 4) is 16.9 Å². The molecule has 3 N–H and O–H groups in total. The van der Waals surface area contributed by atoms with Crippen LogP contribution in [0.1, 0.15) is 33.3 Å². The number of primary amides is 1. The van der Waals surface area contributed by atoms with E-state index in [0.717, 1.165) is 11.3 Å². The molecule has 0 bridgehead atoms. The number of aryl methyl sites for hydroxylation is 1. The summed E-state index contributed by atoms with van der Waals surface area (Å²) in [7, 11) is 0. The molecular formula is C24H22F4N8O3S. The van der Waals surface area contributed by atoms with Crippen molar-refractivity contribution in [3.05, 3.63) is 64.7 Å². The van der Waals surface area contributed by atoms with Gasteiger partial charge in [-0.2, -0.15) is 0 Å². The monoisotopic (exact) mass is 578 g/mol. The largest absolute Gasteiger partial charge is 0.573 e. The van der Waals surface area contributed by atoms with Gasteiger partial charge in [0.1, 0.15) is 16.9 Å². The number of hydrogen-bond donors (Lipinski definition) is 2. The van der Waals surface area contributed by atoms with Crippen molar-refractivity contribution in [2.45, 2.75) is 45.3 Å². The van der Waals surface area contributed by atoms with Gasteiger partial charge in [0.2, 0.25) is 11.0 Å². The highest BCUT2D eigenvalue weighted by Crippen LogP contribution is 2.28. The number of ether oxygens (including phenoxy) is 1. The molecule has 0 fully saturated rings. The summed E-state index contributed by atoms with van der Waals surface area (Å²) in [5.74, 6) is -1.54. The van der Waals surface area contributed by atoms with E-state index in [4.69, 9.17) is 5.73 Å². The van der Waals surface area contributed by atoms with E-state index in [1.165, 1.54) is 29.1 Å². The zero-order valence-corrected chi connectivity index (χ0v) is 21.7. The molecule has 1 unspecified atom stereocenters. The molecule has 0 aliphatic carbocycles. The molecule has 0 aliphatic rings. The van der Waals surface area contributed by atoms with Crippen LogP contribution in [-0.4, -0.2) is 54.5 Å². The summed E-state index contributed by atoms with van der Waals surface area (Å²) in [6, 6.07) is 8.65. The van der Waals surface area contributed by atoms with E-state index in [1.54, 1.807) is 25.1 Å². The molecular weight excluding hydrogens is 556 g/mol. The Balaban J connectivity index is 1.30. The second-order valence-corrected chi connectivity index (χ2v) is 9.61. The number of pyridine rings is 1. The van der Waals surface area contributed by atoms with Gasteiger partial charge in [0.25, 0.3) is 5.91 Å². The summed E-state index contributed by atoms with van der Waals surface area (Å²) in [5.41, 5.74) is 6.95. The van der Waals surface area contributed by atoms with E-state index in [2.05, 4.69) is 35.5 Å². The molecule has 0 aliphatic heterocycles. The Morgan fingerprint density at radius 3 is 2.65 bits per heavy atom. The number of benzene rings is 1. The molecule has 1 atom stereocenters. The number of nitrogens with one attached hydrogen (secondary N) is 1. The van der Waals surface area contributed by atoms with Crippen LogP contribution in [0.4, 0.5) is 22.7 Å². The maximum absolute atomic E-state index is 14.5. The Kier molecular flexibility index (Phi) is 8.67. The number of nitrogens with two attached hydrogens (primary N) is 1. The molecule has 0 radical (unpaired) electrons. The van der Waals surface area contributed by atoms with Gasteiger partial charge in [-0.3, -0.25) is 14.6 Å². The minimum absolute atomic E-state index is 0.0108. The summed E-state index contributed by atoms with van der Waals surface area (Å²) in [6.45, 7) is 1.46. The highest BCUT2D eigenvalue weighted by molar-refractivity contribution is 7.15. The van der Waals surface area contributed by atoms with E-state index in [1.807, 2.05) is 0 Å². The fraction of sp³-hybridized carbons (Fsp3) is 0.292. The lowest BCUT2D eigenvalue weighted by Crippen LogP contribution is -2.17. The number of amides is 2. The van der Waals surface area contributed by atoms with E-state index in [0.29, 0.717) is 27.5 Å². The third-order valence-electron chi connectivity index (χ3n) is 5.53. The Labute approximate surface area is 228 Å². The molecule has 1 aromatic carbocycles. The van der Waals surface area contributed by atoms with Gasteiger partial charge >= 0.3 is 6.36 Å². The van der Waals surface area contributed by atoms with Crippen molar-refractivity contribution in [1.82, 2.24) is 30.2 Å². The first-order valence-electron chi connectivity index (χ1n) is 11.7. The molecule has 11 nitrogen and oxygen atoms in total. The lowest BCUT2D eigenvalue weighted by atomic mass is 10.1. The van der Waals surface area contributed by atoms with Crippen LogP contribution < -0.4 is 15.8 Å². The SMILES string of the molecule is Cc1c(C(N)=O)nnn1CC(F)CCc1nnc(NC(=O)Cc2cc(-c3cccc(OC(F)(F)F)c3)ccn2)s1. The fourth-order valence-corrected chi connectivity index (χ4v) is 4.45. The molecule has 0 saturated heterocycles. The molecule has 3 heterocycles. The topological polar surface area (TPSA) is 151 Å². The highest BCUT2D eigenvalue weighted by Gasteiger charge is 2.31. The van der Waals surface area contributed by atoms with Crippen LogP contribution in [0.15, 0.2) is 42.6 Å². The minimum atomic E-state index is -4.81. The molecule has 4 aromatic rings. The third kappa shape index (κ3) is 7.78. The zero-order chi connectivity index (χ0) is 28.9. The van der Waals surface area contributed by atoms with Crippen molar-refractivity contribution < 1.29 is 31.9 Å². The molecule has 0 saturated carbocycles. The van der Waals surface area contributed by atoms with Crippen LogP contribution in [-0.2, 0) is 24.2 Å². The third-order valence-corrected chi connectivity index (χ3v) is 6.43. The summed E-state index contributed by atoms with van der Waals surface area (Å²) in [4.78, 5) is 28.0. The van der Waals surface area contributed by atoms with Crippen molar-refractivity contribution >= 4 is 28.3 Å². The first kappa shape index (κ1) is 28.5. The molecule has 210 valence electrons. The number of carbonyl (C=O) groups is 2. The lowest BCUT2D eigenvalue weighted by molar-refractivity contribution is -0.274. The minimum Gasteiger partial charge on any atom is -0.406 e. The lowest BCUT2D eigenvalue weighted by Gasteiger charge is -2.10. The van der Waals surface area contributed by atoms with Gasteiger partial charge < -0.3 is 15.8 Å². The number of carbonyl (C=O) groups excluding carboxylic acids is 2. The maximum atomic E-state index is 14.5. The number of halogens is 4. The number of rotatable bonds is 11. The Hall–Kier alpha value is -4.47. The van der Waals surface area contributed by atoms with E-state index >= 15 is 0 Å². The van der Waals surface area contributed by atoms with Crippen LogP contribution in [0.5, 0.6) is 5.75 Å². The van der Waals surface area contributed by atoms with Crippen molar-refractivity contribution in [2.24, 2.45) is 5.73 Å². The van der Waals surface area contributed by atoms with Gasteiger partial charge in [-0.25, -0.2) is 9.07 Å². The van der Waals surface area contributed by atoms with Crippen molar-refractivity contribution in [2.75, 3.05) is 5.32 Å². The van der Waals surface area contributed by atoms with Crippen LogP contribution in [0.25, 0.3) is 11.1 Å². The van der Waals surface area contributed by atoms with Gasteiger partial charge in [0.05, 0.1) is 24.4 Å². The fourth-order valence-electron chi connectivity index (χ4n) is 3.68. The molecule has 3 aromatic heterocycles. The van der Waals surface area contributed by atoms with E-state index in [-0.39, 0.29) is 42.4 Å². The first-order chi connectivity index (χ1) is 19.0. The van der Waals surface area contributed by atoms with Gasteiger partial charge in [-0.05, 0) is 48.7 Å². The van der Waals surface area contributed by atoms with Crippen molar-refractivity contribution in [3.63, 3.8) is 0 Å². The summed E-state index contributed by atoms with van der Waals surface area (Å²) >= 11 is 1.09. The van der Waals surface area contributed by atoms with Crippen molar-refractivity contribution in [1.29, 1.82) is 0 Å². The van der Waals surface area contributed by atoms with E-state index < -0.39 is 24.3 Å². The highest BCUT2D eigenvalue weighted by atomic mass is 32.1. The second kappa shape index (κ2) is 12.1. The number of anilines is 1. The van der Waals surface area contributed by atoms with Crippen LogP contribution in [0.3, 0.4) is 0 Å². The summed E-state index contributed by atoms with van der Waals surface area (Å²) in [6.07, 6.45) is -4.44. The van der Waals surface area contributed by atoms with Crippen LogP contribution in [0.2, 0.25) is 0 Å². The Bertz CT molecular complexity index is 1510. The molecule has 2 amide bonds. The smallest absolute Gasteiger partial charge is 0.406 e. The number of alkyl halides is 4. The average molecular weight is 579 g/mol. The standard InChI is InChI=1S/C24H22F4N8O3S/c1-13-21(22(29)38)33-35-36(13)12-16(25)5-6-20-32-34-23(40-20)31-19(37)11-17-9-15(7-8-30-17)14-3-2-4-18(10-14)39-24(26,27)28/h2-4,7-10,16H,5-6,11-12H2,1H3,(H2,29,38)(H,31,34,37). The molecule has 16 heteroatoms. The number of nitrogens with zero attached hydrogens (tertiary/aromatic N) is 6. The van der Waals surface area contributed by atoms with Gasteiger partial charge in [0.15, 0.2) is 5.69 Å². The predicted molar refractivity (Wildman–Crippen MR) is 135 cm³/mol. The predicted octanol–water partition coefficient (Wildman–Crippen LogP) is 3.65. The molecule has 4 rings (SSSR count). The summed E-state index contributed by atoms with van der Waals surface area (Å²) < 4.78 is 57.3. The molecule has 40 heavy (non-hydrogen) atoms. The number of hydrogen-bond acceptors (Lipinski definition) is 9. The van der Waals surface area contributed by atoms with E-state index in [9.17, 15) is 27.2 Å². The quantitative estimate of drug-likeness (QED) is 0.256. The van der Waals surface area contributed by atoms with Gasteiger partial charge in [-0.1, -0.05) is 28.7 Å². The average Bonchev–Trinajstić information content (AvgIpc) is 3.48. The van der Waals surface area contributed by atoms with Crippen LogP contribution >= 0.6 is 11.3 Å². The summed E-state index contributed by atoms with van der Waals surface area (Å²) in [5, 5.41) is 18.6. The first-order valence-corrected chi connectivity index (χ1v) is 12.6. The second-order valence-electron chi connectivity index (χ2n) is 8.54. The Morgan fingerprint density at radius 1 is 1.15 bits per heavy atom. The normalized spacial score (nSPS) is 12.2. The van der Waals surface area contributed by atoms with Gasteiger partial charge in [-0.15, -0.1) is 28.5 Å².